The maximum Gasteiger partial charge on any atom is 0.203 e. The molecular weight excluding hydrogens is 350 g/mol. The summed E-state index contributed by atoms with van der Waals surface area (Å²) in [5.74, 6) is 1.71. The Labute approximate surface area is 153 Å². The second-order valence-corrected chi connectivity index (χ2v) is 7.10. The summed E-state index contributed by atoms with van der Waals surface area (Å²) in [5.41, 5.74) is 1.73. The van der Waals surface area contributed by atoms with E-state index in [1.54, 1.807) is 31.0 Å². The largest absolute Gasteiger partial charge is 0.494 e. The molecule has 1 aliphatic heterocycles. The van der Waals surface area contributed by atoms with Crippen LogP contribution in [0.3, 0.4) is 0 Å². The average Bonchev–Trinajstić information content (AvgIpc) is 3.34. The Balaban J connectivity index is 1.38. The molecule has 1 fully saturated rings. The fraction of sp³-hybridized carbons (Fsp3) is 0.294. The molecule has 0 atom stereocenters. The van der Waals surface area contributed by atoms with E-state index in [1.165, 1.54) is 0 Å². The Morgan fingerprint density at radius 1 is 1.12 bits per heavy atom. The molecule has 0 spiro atoms. The van der Waals surface area contributed by atoms with E-state index in [4.69, 9.17) is 9.72 Å². The predicted molar refractivity (Wildman–Crippen MR) is 101 cm³/mol. The lowest BCUT2D eigenvalue weighted by atomic mass is 10.3. The maximum absolute atomic E-state index is 5.43. The highest BCUT2D eigenvalue weighted by Gasteiger charge is 2.23. The summed E-state index contributed by atoms with van der Waals surface area (Å²) in [6, 6.07) is 6.05. The first-order valence-electron chi connectivity index (χ1n) is 8.41. The third-order valence-electron chi connectivity index (χ3n) is 4.64. The summed E-state index contributed by atoms with van der Waals surface area (Å²) in [6.45, 7) is 3.51. The van der Waals surface area contributed by atoms with Gasteiger partial charge >= 0.3 is 0 Å². The second-order valence-electron chi connectivity index (χ2n) is 6.09. The van der Waals surface area contributed by atoms with Crippen LogP contribution in [0, 0.1) is 0 Å². The van der Waals surface area contributed by atoms with Crippen molar-refractivity contribution in [2.45, 2.75) is 0 Å². The molecule has 1 aromatic carbocycles. The van der Waals surface area contributed by atoms with Gasteiger partial charge in [-0.25, -0.2) is 9.97 Å². The summed E-state index contributed by atoms with van der Waals surface area (Å²) in [7, 11) is 1.69. The molecule has 9 heteroatoms. The Bertz CT molecular complexity index is 1070. The van der Waals surface area contributed by atoms with E-state index in [9.17, 15) is 0 Å². The Morgan fingerprint density at radius 2 is 1.96 bits per heavy atom. The van der Waals surface area contributed by atoms with Crippen molar-refractivity contribution in [1.29, 1.82) is 0 Å². The van der Waals surface area contributed by atoms with Crippen LogP contribution in [0.1, 0.15) is 0 Å². The summed E-state index contributed by atoms with van der Waals surface area (Å²) >= 11 is 1.71. The highest BCUT2D eigenvalue weighted by atomic mass is 32.1. The van der Waals surface area contributed by atoms with Crippen molar-refractivity contribution in [1.82, 2.24) is 24.6 Å². The van der Waals surface area contributed by atoms with Crippen molar-refractivity contribution >= 4 is 38.2 Å². The van der Waals surface area contributed by atoms with Crippen LogP contribution in [0.15, 0.2) is 36.9 Å². The van der Waals surface area contributed by atoms with E-state index >= 15 is 0 Å². The van der Waals surface area contributed by atoms with Gasteiger partial charge in [0.2, 0.25) is 5.65 Å². The molecule has 5 rings (SSSR count). The van der Waals surface area contributed by atoms with Gasteiger partial charge in [0, 0.05) is 38.6 Å². The monoisotopic (exact) mass is 367 g/mol. The van der Waals surface area contributed by atoms with Crippen LogP contribution in [0.5, 0.6) is 5.75 Å². The highest BCUT2D eigenvalue weighted by Crippen LogP contribution is 2.34. The number of para-hydroxylation sites is 1. The normalized spacial score (nSPS) is 15.1. The molecule has 0 unspecified atom stereocenters. The number of nitrogens with zero attached hydrogens (tertiary/aromatic N) is 7. The summed E-state index contributed by atoms with van der Waals surface area (Å²) in [6.07, 6.45) is 5.35. The molecule has 3 aromatic heterocycles. The zero-order valence-electron chi connectivity index (χ0n) is 14.2. The number of aromatic nitrogens is 5. The van der Waals surface area contributed by atoms with Crippen LogP contribution in [-0.2, 0) is 0 Å². The van der Waals surface area contributed by atoms with E-state index in [2.05, 4.69) is 31.0 Å². The van der Waals surface area contributed by atoms with Crippen LogP contribution >= 0.6 is 11.3 Å². The first kappa shape index (κ1) is 15.3. The van der Waals surface area contributed by atoms with Gasteiger partial charge in [-0.2, -0.15) is 0 Å². The lowest BCUT2D eigenvalue weighted by Gasteiger charge is -2.35. The quantitative estimate of drug-likeness (QED) is 0.549. The highest BCUT2D eigenvalue weighted by molar-refractivity contribution is 7.22. The topological polar surface area (TPSA) is 71.7 Å². The minimum absolute atomic E-state index is 0.797. The standard InChI is InChI=1S/C17H17N7OS/c1-25-12-3-2-4-13-14(12)20-17(26-13)23-9-7-22(8-10-23)15-16-21-19-11-24(16)6-5-18-15/h2-6,11H,7-10H2,1H3. The van der Waals surface area contributed by atoms with Crippen LogP contribution in [0.4, 0.5) is 10.9 Å². The molecule has 0 bridgehead atoms. The first-order valence-corrected chi connectivity index (χ1v) is 9.23. The zero-order valence-corrected chi connectivity index (χ0v) is 15.1. The van der Waals surface area contributed by atoms with Crippen LogP contribution in [0.25, 0.3) is 15.9 Å². The van der Waals surface area contributed by atoms with Gasteiger partial charge in [0.25, 0.3) is 0 Å². The molecule has 4 aromatic rings. The van der Waals surface area contributed by atoms with Crippen LogP contribution < -0.4 is 14.5 Å². The fourth-order valence-electron chi connectivity index (χ4n) is 3.29. The zero-order chi connectivity index (χ0) is 17.5. The van der Waals surface area contributed by atoms with Gasteiger partial charge in [-0.1, -0.05) is 17.4 Å². The lowest BCUT2D eigenvalue weighted by Crippen LogP contribution is -2.47. The second kappa shape index (κ2) is 6.10. The minimum atomic E-state index is 0.797. The lowest BCUT2D eigenvalue weighted by molar-refractivity contribution is 0.419. The molecule has 8 nitrogen and oxygen atoms in total. The third-order valence-corrected chi connectivity index (χ3v) is 5.72. The van der Waals surface area contributed by atoms with Crippen LogP contribution in [-0.4, -0.2) is 57.9 Å². The van der Waals surface area contributed by atoms with Gasteiger partial charge < -0.3 is 14.5 Å². The van der Waals surface area contributed by atoms with Crippen molar-refractivity contribution in [3.63, 3.8) is 0 Å². The molecule has 0 radical (unpaired) electrons. The van der Waals surface area contributed by atoms with E-state index in [1.807, 2.05) is 22.7 Å². The predicted octanol–water partition coefficient (Wildman–Crippen LogP) is 2.07. The van der Waals surface area contributed by atoms with Crippen LogP contribution in [0.2, 0.25) is 0 Å². The van der Waals surface area contributed by atoms with Gasteiger partial charge in [0.15, 0.2) is 10.9 Å². The number of methoxy groups -OCH3 is 1. The van der Waals surface area contributed by atoms with Gasteiger partial charge in [0.1, 0.15) is 17.6 Å². The van der Waals surface area contributed by atoms with Gasteiger partial charge in [0.05, 0.1) is 11.8 Å². The summed E-state index contributed by atoms with van der Waals surface area (Å²) in [4.78, 5) is 13.9. The Hall–Kier alpha value is -2.94. The van der Waals surface area contributed by atoms with E-state index in [0.717, 1.165) is 58.7 Å². The summed E-state index contributed by atoms with van der Waals surface area (Å²) < 4.78 is 8.48. The number of thiazole rings is 1. The summed E-state index contributed by atoms with van der Waals surface area (Å²) in [5, 5.41) is 9.21. The molecule has 0 aliphatic carbocycles. The Kier molecular flexibility index (Phi) is 3.59. The molecule has 1 aliphatic rings. The number of piperazine rings is 1. The molecule has 0 N–H and O–H groups in total. The SMILES string of the molecule is COc1cccc2sc(N3CCN(c4nccn5cnnc45)CC3)nc12. The number of rotatable bonds is 3. The Morgan fingerprint density at radius 3 is 2.81 bits per heavy atom. The van der Waals surface area contributed by atoms with Gasteiger partial charge in [-0.05, 0) is 12.1 Å². The van der Waals surface area contributed by atoms with E-state index in [0.29, 0.717) is 0 Å². The number of hydrogen-bond donors (Lipinski definition) is 0. The van der Waals surface area contributed by atoms with Gasteiger partial charge in [-0.15, -0.1) is 10.2 Å². The number of hydrogen-bond acceptors (Lipinski definition) is 8. The average molecular weight is 367 g/mol. The molecule has 132 valence electrons. The maximum atomic E-state index is 5.43. The van der Waals surface area contributed by atoms with E-state index in [-0.39, 0.29) is 0 Å². The molecule has 1 saturated heterocycles. The number of anilines is 2. The molecule has 0 saturated carbocycles. The number of benzene rings is 1. The number of fused-ring (bicyclic) bond motifs is 2. The van der Waals surface area contributed by atoms with E-state index < -0.39 is 0 Å². The van der Waals surface area contributed by atoms with Crippen molar-refractivity contribution in [3.8, 4) is 5.75 Å². The van der Waals surface area contributed by atoms with Crippen molar-refractivity contribution in [2.75, 3.05) is 43.1 Å². The molecular formula is C17H17N7OS. The van der Waals surface area contributed by atoms with Crippen molar-refractivity contribution < 1.29 is 4.74 Å². The molecule has 4 heterocycles. The molecule has 0 amide bonds. The van der Waals surface area contributed by atoms with Crippen molar-refractivity contribution in [3.05, 3.63) is 36.9 Å². The fourth-order valence-corrected chi connectivity index (χ4v) is 4.32. The smallest absolute Gasteiger partial charge is 0.203 e. The van der Waals surface area contributed by atoms with Gasteiger partial charge in [-0.3, -0.25) is 4.40 Å². The minimum Gasteiger partial charge on any atom is -0.494 e. The first-order chi connectivity index (χ1) is 12.8. The third kappa shape index (κ3) is 2.43. The van der Waals surface area contributed by atoms with Crippen molar-refractivity contribution in [2.24, 2.45) is 0 Å². The number of ether oxygens (including phenoxy) is 1. The molecule has 26 heavy (non-hydrogen) atoms.